The number of azo groups is 2. The summed E-state index contributed by atoms with van der Waals surface area (Å²) in [7, 11) is 0. The molecule has 4 N–H and O–H groups in total. The minimum absolute atomic E-state index is 0.00635. The highest BCUT2D eigenvalue weighted by atomic mass is 35.5. The SMILES string of the molecule is CCOc1cc(NC(=O)C(N=Nc2cc(C(=O)Nc3ccccc3CCl)ccc2Cl)C(C)=O)cc(OCC)c1NC(=O)C(N=Nc1cc(C(=O)Nc2ccccc2CCl)ccc1Cl)C(C)=O. The number of anilines is 4. The lowest BCUT2D eigenvalue weighted by molar-refractivity contribution is -0.127. The number of carbonyl (C=O) groups excluding carboxylic acids is 6. The van der Waals surface area contributed by atoms with E-state index in [-0.39, 0.29) is 80.4 Å². The lowest BCUT2D eigenvalue weighted by Gasteiger charge is -2.19. The van der Waals surface area contributed by atoms with Crippen LogP contribution in [-0.4, -0.2) is 60.5 Å². The van der Waals surface area contributed by atoms with Gasteiger partial charge in [0, 0.05) is 52.1 Å². The molecule has 0 fully saturated rings. The van der Waals surface area contributed by atoms with E-state index in [0.29, 0.717) is 22.5 Å². The van der Waals surface area contributed by atoms with Crippen LogP contribution in [0, 0.1) is 0 Å². The maximum atomic E-state index is 13.7. The minimum atomic E-state index is -1.70. The van der Waals surface area contributed by atoms with E-state index in [0.717, 1.165) is 13.8 Å². The molecular weight excluding hydrogens is 934 g/mol. The largest absolute Gasteiger partial charge is 0.491 e. The van der Waals surface area contributed by atoms with Crippen LogP contribution in [0.5, 0.6) is 11.5 Å². The van der Waals surface area contributed by atoms with Crippen LogP contribution in [0.4, 0.5) is 34.1 Å². The molecule has 0 saturated carbocycles. The zero-order valence-corrected chi connectivity index (χ0v) is 38.8. The number of para-hydroxylation sites is 2. The Balaban J connectivity index is 1.35. The molecule has 0 aliphatic heterocycles. The predicted molar refractivity (Wildman–Crippen MR) is 255 cm³/mol. The third-order valence-electron chi connectivity index (χ3n) is 9.25. The summed E-state index contributed by atoms with van der Waals surface area (Å²) in [6, 6.07) is 21.9. The van der Waals surface area contributed by atoms with Gasteiger partial charge in [-0.1, -0.05) is 59.6 Å². The number of amides is 4. The summed E-state index contributed by atoms with van der Waals surface area (Å²) in [5.74, 6) is -3.79. The lowest BCUT2D eigenvalue weighted by Crippen LogP contribution is -2.32. The summed E-state index contributed by atoms with van der Waals surface area (Å²) in [6.45, 7) is 5.81. The monoisotopic (exact) mass is 974 g/mol. The number of ketones is 2. The van der Waals surface area contributed by atoms with Crippen LogP contribution in [0.25, 0.3) is 0 Å². The van der Waals surface area contributed by atoms with Crippen molar-refractivity contribution in [1.29, 1.82) is 0 Å². The summed E-state index contributed by atoms with van der Waals surface area (Å²) in [4.78, 5) is 79.2. The fourth-order valence-electron chi connectivity index (χ4n) is 5.97. The molecule has 0 saturated heterocycles. The number of nitrogens with zero attached hydrogens (tertiary/aromatic N) is 4. The number of nitrogens with one attached hydrogen (secondary N) is 4. The zero-order valence-electron chi connectivity index (χ0n) is 35.8. The van der Waals surface area contributed by atoms with Gasteiger partial charge in [0.15, 0.2) is 11.6 Å². The van der Waals surface area contributed by atoms with Gasteiger partial charge in [0.1, 0.15) is 28.6 Å². The highest BCUT2D eigenvalue weighted by molar-refractivity contribution is 6.33. The average Bonchev–Trinajstić information content (AvgIpc) is 3.29. The summed E-state index contributed by atoms with van der Waals surface area (Å²) in [5, 5.41) is 27.1. The van der Waals surface area contributed by atoms with E-state index in [1.807, 2.05) is 0 Å². The molecule has 4 amide bonds. The highest BCUT2D eigenvalue weighted by Gasteiger charge is 2.28. The molecule has 0 aromatic heterocycles. The number of rotatable bonds is 20. The van der Waals surface area contributed by atoms with Crippen molar-refractivity contribution in [1.82, 2.24) is 0 Å². The van der Waals surface area contributed by atoms with Crippen LogP contribution in [0.3, 0.4) is 0 Å². The van der Waals surface area contributed by atoms with Gasteiger partial charge in [-0.3, -0.25) is 28.8 Å². The molecule has 20 heteroatoms. The van der Waals surface area contributed by atoms with Crippen molar-refractivity contribution in [3.8, 4) is 11.5 Å². The van der Waals surface area contributed by atoms with E-state index < -0.39 is 47.3 Å². The Morgan fingerprint density at radius 1 is 0.561 bits per heavy atom. The first kappa shape index (κ1) is 50.3. The van der Waals surface area contributed by atoms with Crippen molar-refractivity contribution in [2.24, 2.45) is 20.5 Å². The third-order valence-corrected chi connectivity index (χ3v) is 10.5. The maximum absolute atomic E-state index is 13.7. The van der Waals surface area contributed by atoms with E-state index >= 15 is 0 Å². The van der Waals surface area contributed by atoms with Gasteiger partial charge in [0.25, 0.3) is 23.6 Å². The number of alkyl halides is 2. The van der Waals surface area contributed by atoms with Crippen molar-refractivity contribution in [3.63, 3.8) is 0 Å². The normalized spacial score (nSPS) is 12.0. The topological polar surface area (TPSA) is 218 Å². The highest BCUT2D eigenvalue weighted by Crippen LogP contribution is 2.39. The van der Waals surface area contributed by atoms with Crippen LogP contribution < -0.4 is 30.7 Å². The molecule has 16 nitrogen and oxygen atoms in total. The average molecular weight is 977 g/mol. The minimum Gasteiger partial charge on any atom is -0.491 e. The summed E-state index contributed by atoms with van der Waals surface area (Å²) in [5.41, 5.74) is 2.86. The van der Waals surface area contributed by atoms with Crippen molar-refractivity contribution in [2.45, 2.75) is 51.5 Å². The standard InChI is InChI=1S/C46H42Cl4N8O8/c1-5-65-38-21-31(51-45(63)40(25(3)59)57-55-36-19-27(15-17-32(36)49)43(61)52-34-13-9-7-11-29(34)23-47)22-39(66-6-2)42(38)54-46(64)41(26(4)60)58-56-37-20-28(16-18-33(37)50)44(62)53-35-14-10-8-12-30(35)24-48/h7-22,40-41H,5-6,23-24H2,1-4H3,(H,51,63)(H,52,61)(H,53,62)(H,54,64). The van der Waals surface area contributed by atoms with Gasteiger partial charge in [0.05, 0.1) is 23.3 Å². The number of benzene rings is 5. The second-order valence-corrected chi connectivity index (χ2v) is 15.3. The zero-order chi connectivity index (χ0) is 47.9. The Hall–Kier alpha value is -6.72. The van der Waals surface area contributed by atoms with E-state index in [1.54, 1.807) is 62.4 Å². The van der Waals surface area contributed by atoms with Crippen molar-refractivity contribution < 1.29 is 38.2 Å². The quantitative estimate of drug-likeness (QED) is 0.0333. The molecule has 0 radical (unpaired) electrons. The number of ether oxygens (including phenoxy) is 2. The molecule has 0 aliphatic carbocycles. The van der Waals surface area contributed by atoms with Crippen molar-refractivity contribution >= 4 is 116 Å². The fraction of sp³-hybridized carbons (Fsp3) is 0.217. The summed E-state index contributed by atoms with van der Waals surface area (Å²) in [6.07, 6.45) is 0. The molecule has 2 unspecified atom stereocenters. The Morgan fingerprint density at radius 3 is 1.36 bits per heavy atom. The smallest absolute Gasteiger partial charge is 0.259 e. The van der Waals surface area contributed by atoms with Crippen LogP contribution in [0.2, 0.25) is 10.0 Å². The summed E-state index contributed by atoms with van der Waals surface area (Å²) >= 11 is 24.8. The first-order valence-corrected chi connectivity index (χ1v) is 21.9. The Kier molecular flexibility index (Phi) is 18.3. The molecule has 5 aromatic rings. The molecule has 5 rings (SSSR count). The molecule has 0 bridgehead atoms. The van der Waals surface area contributed by atoms with Gasteiger partial charge in [0.2, 0.25) is 12.1 Å². The van der Waals surface area contributed by atoms with Gasteiger partial charge in [-0.25, -0.2) is 0 Å². The van der Waals surface area contributed by atoms with Crippen LogP contribution in [0.1, 0.15) is 59.5 Å². The molecular formula is C46H42Cl4N8O8. The summed E-state index contributed by atoms with van der Waals surface area (Å²) < 4.78 is 11.6. The Morgan fingerprint density at radius 2 is 0.970 bits per heavy atom. The van der Waals surface area contributed by atoms with Gasteiger partial charge < -0.3 is 30.7 Å². The molecule has 0 spiro atoms. The van der Waals surface area contributed by atoms with Gasteiger partial charge >= 0.3 is 0 Å². The molecule has 2 atom stereocenters. The van der Waals surface area contributed by atoms with Gasteiger partial charge in [-0.2, -0.15) is 20.5 Å². The molecule has 0 heterocycles. The van der Waals surface area contributed by atoms with Crippen LogP contribution in [0.15, 0.2) is 118 Å². The number of hydrogen-bond donors (Lipinski definition) is 4. The second-order valence-electron chi connectivity index (χ2n) is 14.0. The van der Waals surface area contributed by atoms with Crippen LogP contribution in [-0.2, 0) is 30.9 Å². The number of Topliss-reactive ketones (excluding diaryl/α,β-unsaturated/α-hetero) is 2. The number of halogens is 4. The third kappa shape index (κ3) is 13.2. The fourth-order valence-corrected chi connectivity index (χ4v) is 6.75. The first-order valence-electron chi connectivity index (χ1n) is 20.0. The van der Waals surface area contributed by atoms with E-state index in [2.05, 4.69) is 41.7 Å². The van der Waals surface area contributed by atoms with E-state index in [9.17, 15) is 28.8 Å². The second kappa shape index (κ2) is 24.0. The van der Waals surface area contributed by atoms with Crippen molar-refractivity contribution in [3.05, 3.63) is 129 Å². The lowest BCUT2D eigenvalue weighted by atomic mass is 10.1. The Bertz CT molecular complexity index is 2690. The number of carbonyl (C=O) groups is 6. The molecule has 5 aromatic carbocycles. The van der Waals surface area contributed by atoms with Gasteiger partial charge in [-0.05, 0) is 87.4 Å². The number of hydrogen-bond acceptors (Lipinski definition) is 12. The van der Waals surface area contributed by atoms with Crippen molar-refractivity contribution in [2.75, 3.05) is 34.5 Å². The molecule has 342 valence electrons. The van der Waals surface area contributed by atoms with Crippen LogP contribution >= 0.6 is 46.4 Å². The first-order chi connectivity index (χ1) is 31.7. The maximum Gasteiger partial charge on any atom is 0.259 e. The Labute approximate surface area is 399 Å². The predicted octanol–water partition coefficient (Wildman–Crippen LogP) is 11.1. The van der Waals surface area contributed by atoms with E-state index in [4.69, 9.17) is 55.9 Å². The molecule has 66 heavy (non-hydrogen) atoms. The molecule has 0 aliphatic rings. The van der Waals surface area contributed by atoms with E-state index in [1.165, 1.54) is 48.5 Å². The van der Waals surface area contributed by atoms with Gasteiger partial charge in [-0.15, -0.1) is 23.2 Å².